The smallest absolute Gasteiger partial charge is 0.164 e. The standard InChI is InChI=1S/C15H23IO3/c1-10(2)13(9-16)11(3)19-12-6-7-14(17-4)15(8-12)18-5/h6-8,10-11,13H,9H2,1-5H3/t11?,13-/m0/s1. The molecule has 4 heteroatoms. The van der Waals surface area contributed by atoms with Crippen LogP contribution in [-0.2, 0) is 0 Å². The van der Waals surface area contributed by atoms with Gasteiger partial charge in [-0.3, -0.25) is 0 Å². The van der Waals surface area contributed by atoms with Gasteiger partial charge in [0.05, 0.1) is 20.3 Å². The fraction of sp³-hybridized carbons (Fsp3) is 0.600. The van der Waals surface area contributed by atoms with Crippen LogP contribution in [0.15, 0.2) is 18.2 Å². The fourth-order valence-electron chi connectivity index (χ4n) is 2.04. The molecule has 108 valence electrons. The summed E-state index contributed by atoms with van der Waals surface area (Å²) >= 11 is 2.42. The SMILES string of the molecule is COc1ccc(OC(C)[C@@H](CI)C(C)C)cc1OC. The summed E-state index contributed by atoms with van der Waals surface area (Å²) in [6, 6.07) is 5.66. The van der Waals surface area contributed by atoms with E-state index in [1.165, 1.54) is 0 Å². The Bertz CT molecular complexity index is 393. The lowest BCUT2D eigenvalue weighted by molar-refractivity contribution is 0.136. The maximum atomic E-state index is 6.03. The van der Waals surface area contributed by atoms with Crippen LogP contribution in [0.1, 0.15) is 20.8 Å². The first kappa shape index (κ1) is 16.4. The van der Waals surface area contributed by atoms with E-state index in [9.17, 15) is 0 Å². The van der Waals surface area contributed by atoms with E-state index in [-0.39, 0.29) is 6.10 Å². The predicted octanol–water partition coefficient (Wildman–Crippen LogP) is 4.18. The predicted molar refractivity (Wildman–Crippen MR) is 86.9 cm³/mol. The van der Waals surface area contributed by atoms with Gasteiger partial charge in [0, 0.05) is 16.4 Å². The van der Waals surface area contributed by atoms with Crippen LogP contribution in [0.5, 0.6) is 17.2 Å². The molecule has 1 unspecified atom stereocenters. The fourth-order valence-corrected chi connectivity index (χ4v) is 3.77. The van der Waals surface area contributed by atoms with E-state index >= 15 is 0 Å². The molecular formula is C15H23IO3. The molecule has 1 aromatic rings. The summed E-state index contributed by atoms with van der Waals surface area (Å²) in [6.07, 6.45) is 0.176. The third-order valence-corrected chi connectivity index (χ3v) is 4.33. The van der Waals surface area contributed by atoms with Gasteiger partial charge in [0.1, 0.15) is 5.75 Å². The maximum absolute atomic E-state index is 6.03. The number of ether oxygens (including phenoxy) is 3. The Morgan fingerprint density at radius 2 is 1.68 bits per heavy atom. The van der Waals surface area contributed by atoms with E-state index in [1.807, 2.05) is 18.2 Å². The molecule has 0 aromatic heterocycles. The van der Waals surface area contributed by atoms with Gasteiger partial charge in [-0.15, -0.1) is 0 Å². The van der Waals surface area contributed by atoms with Gasteiger partial charge in [0.15, 0.2) is 11.5 Å². The highest BCUT2D eigenvalue weighted by atomic mass is 127. The van der Waals surface area contributed by atoms with E-state index in [1.54, 1.807) is 14.2 Å². The van der Waals surface area contributed by atoms with Crippen molar-refractivity contribution in [3.8, 4) is 17.2 Å². The average molecular weight is 378 g/mol. The number of alkyl halides is 1. The van der Waals surface area contributed by atoms with Crippen molar-refractivity contribution in [2.24, 2.45) is 11.8 Å². The van der Waals surface area contributed by atoms with Crippen molar-refractivity contribution in [1.82, 2.24) is 0 Å². The number of halogens is 1. The second-order valence-electron chi connectivity index (χ2n) is 4.90. The Balaban J connectivity index is 2.81. The van der Waals surface area contributed by atoms with E-state index in [0.29, 0.717) is 17.6 Å². The second-order valence-corrected chi connectivity index (χ2v) is 5.78. The number of hydrogen-bond acceptors (Lipinski definition) is 3. The molecule has 0 fully saturated rings. The molecule has 0 bridgehead atoms. The summed E-state index contributed by atoms with van der Waals surface area (Å²) < 4.78 is 17.6. The number of methoxy groups -OCH3 is 2. The molecule has 2 atom stereocenters. The Labute approximate surface area is 129 Å². The monoisotopic (exact) mass is 378 g/mol. The first-order valence-corrected chi connectivity index (χ1v) is 8.00. The molecule has 1 aromatic carbocycles. The van der Waals surface area contributed by atoms with Crippen molar-refractivity contribution in [3.05, 3.63) is 18.2 Å². The molecule has 0 N–H and O–H groups in total. The van der Waals surface area contributed by atoms with Crippen LogP contribution >= 0.6 is 22.6 Å². The van der Waals surface area contributed by atoms with Crippen molar-refractivity contribution in [3.63, 3.8) is 0 Å². The molecule has 0 radical (unpaired) electrons. The number of hydrogen-bond donors (Lipinski definition) is 0. The normalized spacial score (nSPS) is 14.1. The van der Waals surface area contributed by atoms with Crippen molar-refractivity contribution in [1.29, 1.82) is 0 Å². The summed E-state index contributed by atoms with van der Waals surface area (Å²) in [5.41, 5.74) is 0. The molecule has 0 aliphatic heterocycles. The van der Waals surface area contributed by atoms with Crippen LogP contribution in [-0.4, -0.2) is 24.8 Å². The van der Waals surface area contributed by atoms with Crippen LogP contribution in [0.4, 0.5) is 0 Å². The summed E-state index contributed by atoms with van der Waals surface area (Å²) in [6.45, 7) is 6.59. The third-order valence-electron chi connectivity index (χ3n) is 3.31. The molecule has 0 spiro atoms. The van der Waals surface area contributed by atoms with Crippen molar-refractivity contribution in [2.75, 3.05) is 18.6 Å². The first-order chi connectivity index (χ1) is 9.03. The zero-order valence-corrected chi connectivity index (χ0v) is 14.4. The van der Waals surface area contributed by atoms with Crippen LogP contribution in [0.2, 0.25) is 0 Å². The summed E-state index contributed by atoms with van der Waals surface area (Å²) in [5, 5.41) is 0. The third kappa shape index (κ3) is 4.44. The molecule has 0 aliphatic rings. The highest BCUT2D eigenvalue weighted by molar-refractivity contribution is 14.1. The van der Waals surface area contributed by atoms with Gasteiger partial charge in [-0.1, -0.05) is 36.4 Å². The van der Waals surface area contributed by atoms with Gasteiger partial charge in [-0.2, -0.15) is 0 Å². The van der Waals surface area contributed by atoms with E-state index in [4.69, 9.17) is 14.2 Å². The van der Waals surface area contributed by atoms with Gasteiger partial charge in [-0.25, -0.2) is 0 Å². The Morgan fingerprint density at radius 3 is 2.16 bits per heavy atom. The largest absolute Gasteiger partial charge is 0.493 e. The van der Waals surface area contributed by atoms with Crippen LogP contribution in [0.25, 0.3) is 0 Å². The first-order valence-electron chi connectivity index (χ1n) is 6.48. The van der Waals surface area contributed by atoms with Gasteiger partial charge >= 0.3 is 0 Å². The maximum Gasteiger partial charge on any atom is 0.164 e. The molecule has 19 heavy (non-hydrogen) atoms. The summed E-state index contributed by atoms with van der Waals surface area (Å²) in [7, 11) is 3.26. The van der Waals surface area contributed by atoms with E-state index in [2.05, 4.69) is 43.4 Å². The molecular weight excluding hydrogens is 355 g/mol. The zero-order chi connectivity index (χ0) is 14.4. The quantitative estimate of drug-likeness (QED) is 0.526. The molecule has 0 saturated heterocycles. The highest BCUT2D eigenvalue weighted by Gasteiger charge is 2.21. The summed E-state index contributed by atoms with van der Waals surface area (Å²) in [5.74, 6) is 3.38. The van der Waals surface area contributed by atoms with E-state index < -0.39 is 0 Å². The van der Waals surface area contributed by atoms with Gasteiger partial charge < -0.3 is 14.2 Å². The topological polar surface area (TPSA) is 27.7 Å². The minimum atomic E-state index is 0.176. The Kier molecular flexibility index (Phi) is 6.75. The van der Waals surface area contributed by atoms with Crippen molar-refractivity contribution >= 4 is 22.6 Å². The van der Waals surface area contributed by atoms with Gasteiger partial charge in [-0.05, 0) is 25.0 Å². The summed E-state index contributed by atoms with van der Waals surface area (Å²) in [4.78, 5) is 0. The molecule has 0 amide bonds. The van der Waals surface area contributed by atoms with Crippen LogP contribution in [0.3, 0.4) is 0 Å². The second kappa shape index (κ2) is 7.82. The van der Waals surface area contributed by atoms with Crippen LogP contribution < -0.4 is 14.2 Å². The van der Waals surface area contributed by atoms with Gasteiger partial charge in [0.25, 0.3) is 0 Å². The molecule has 0 aliphatic carbocycles. The van der Waals surface area contributed by atoms with Crippen molar-refractivity contribution < 1.29 is 14.2 Å². The number of benzene rings is 1. The van der Waals surface area contributed by atoms with Crippen molar-refractivity contribution in [2.45, 2.75) is 26.9 Å². The Morgan fingerprint density at radius 1 is 1.05 bits per heavy atom. The average Bonchev–Trinajstić information content (AvgIpc) is 2.38. The minimum Gasteiger partial charge on any atom is -0.493 e. The zero-order valence-electron chi connectivity index (χ0n) is 12.3. The lowest BCUT2D eigenvalue weighted by Crippen LogP contribution is -2.29. The lowest BCUT2D eigenvalue weighted by Gasteiger charge is -2.26. The lowest BCUT2D eigenvalue weighted by atomic mass is 9.93. The highest BCUT2D eigenvalue weighted by Crippen LogP contribution is 2.32. The molecule has 0 saturated carbocycles. The molecule has 1 rings (SSSR count). The molecule has 3 nitrogen and oxygen atoms in total. The van der Waals surface area contributed by atoms with E-state index in [0.717, 1.165) is 15.9 Å². The minimum absolute atomic E-state index is 0.176. The number of rotatable bonds is 7. The Hall–Kier alpha value is -0.650. The van der Waals surface area contributed by atoms with Crippen LogP contribution in [0, 0.1) is 11.8 Å². The van der Waals surface area contributed by atoms with Gasteiger partial charge in [0.2, 0.25) is 0 Å². The molecule has 0 heterocycles.